The van der Waals surface area contributed by atoms with E-state index in [1.807, 2.05) is 6.92 Å². The van der Waals surface area contributed by atoms with Gasteiger partial charge < -0.3 is 14.6 Å². The van der Waals surface area contributed by atoms with Gasteiger partial charge in [-0.15, -0.1) is 0 Å². The van der Waals surface area contributed by atoms with Gasteiger partial charge in [0.2, 0.25) is 0 Å². The van der Waals surface area contributed by atoms with Crippen LogP contribution in [0.1, 0.15) is 46.5 Å². The van der Waals surface area contributed by atoms with Gasteiger partial charge in [0.1, 0.15) is 12.2 Å². The van der Waals surface area contributed by atoms with E-state index in [1.54, 1.807) is 19.1 Å². The van der Waals surface area contributed by atoms with E-state index in [4.69, 9.17) is 9.47 Å². The van der Waals surface area contributed by atoms with Gasteiger partial charge in [-0.3, -0.25) is 14.4 Å². The van der Waals surface area contributed by atoms with Crippen molar-refractivity contribution in [3.8, 4) is 0 Å². The lowest BCUT2D eigenvalue weighted by Crippen LogP contribution is -2.43. The molecule has 26 heavy (non-hydrogen) atoms. The summed E-state index contributed by atoms with van der Waals surface area (Å²) in [6.07, 6.45) is 4.14. The summed E-state index contributed by atoms with van der Waals surface area (Å²) < 4.78 is 10.6. The second-order valence-electron chi connectivity index (χ2n) is 7.23. The van der Waals surface area contributed by atoms with Crippen molar-refractivity contribution in [2.24, 2.45) is 5.41 Å². The molecule has 1 fully saturated rings. The molecular formula is C20H26O6. The molecule has 0 radical (unpaired) electrons. The van der Waals surface area contributed by atoms with Gasteiger partial charge in [0.05, 0.1) is 17.9 Å². The molecule has 6 heteroatoms. The minimum atomic E-state index is -1.04. The molecular weight excluding hydrogens is 336 g/mol. The fraction of sp³-hybridized carbons (Fsp3) is 0.550. The quantitative estimate of drug-likeness (QED) is 0.576. The standard InChI is InChI=1S/C20H26O6/c1-12(2)16(22)7-5-13(3)9-18-20(11-19(24)26-18)10-15(25-14(4)21)6-8-17(20)23/h6,8-9,15-16,18,22H,1,5,7,10-11H2,2-4H3. The molecule has 1 spiro atoms. The second kappa shape index (κ2) is 7.99. The van der Waals surface area contributed by atoms with Crippen molar-refractivity contribution in [3.05, 3.63) is 36.0 Å². The van der Waals surface area contributed by atoms with Gasteiger partial charge in [-0.25, -0.2) is 0 Å². The fourth-order valence-corrected chi connectivity index (χ4v) is 3.40. The van der Waals surface area contributed by atoms with Crippen molar-refractivity contribution in [1.29, 1.82) is 0 Å². The maximum atomic E-state index is 12.6. The zero-order valence-corrected chi connectivity index (χ0v) is 15.5. The molecule has 0 aromatic carbocycles. The Morgan fingerprint density at radius 3 is 2.77 bits per heavy atom. The predicted molar refractivity (Wildman–Crippen MR) is 95.1 cm³/mol. The highest BCUT2D eigenvalue weighted by atomic mass is 16.6. The summed E-state index contributed by atoms with van der Waals surface area (Å²) in [6.45, 7) is 8.67. The van der Waals surface area contributed by atoms with Gasteiger partial charge in [0.25, 0.3) is 0 Å². The van der Waals surface area contributed by atoms with Crippen molar-refractivity contribution >= 4 is 17.7 Å². The van der Waals surface area contributed by atoms with Gasteiger partial charge >= 0.3 is 11.9 Å². The van der Waals surface area contributed by atoms with Crippen LogP contribution in [0.5, 0.6) is 0 Å². The first-order chi connectivity index (χ1) is 12.1. The Morgan fingerprint density at radius 2 is 2.15 bits per heavy atom. The van der Waals surface area contributed by atoms with Crippen molar-refractivity contribution in [2.75, 3.05) is 0 Å². The summed E-state index contributed by atoms with van der Waals surface area (Å²) in [5, 5.41) is 9.86. The monoisotopic (exact) mass is 362 g/mol. The van der Waals surface area contributed by atoms with Gasteiger partial charge in [-0.2, -0.15) is 0 Å². The lowest BCUT2D eigenvalue weighted by Gasteiger charge is -2.34. The minimum Gasteiger partial charge on any atom is -0.458 e. The van der Waals surface area contributed by atoms with Crippen LogP contribution in [-0.4, -0.2) is 41.1 Å². The van der Waals surface area contributed by atoms with E-state index in [0.29, 0.717) is 18.4 Å². The van der Waals surface area contributed by atoms with E-state index >= 15 is 0 Å². The first-order valence-electron chi connectivity index (χ1n) is 8.74. The third-order valence-electron chi connectivity index (χ3n) is 4.92. The Labute approximate surface area is 153 Å². The molecule has 1 N–H and O–H groups in total. The fourth-order valence-electron chi connectivity index (χ4n) is 3.40. The van der Waals surface area contributed by atoms with Gasteiger partial charge in [-0.05, 0) is 44.9 Å². The summed E-state index contributed by atoms with van der Waals surface area (Å²) in [5.41, 5.74) is 0.564. The second-order valence-corrected chi connectivity index (χ2v) is 7.23. The number of aliphatic hydroxyl groups excluding tert-OH is 1. The maximum Gasteiger partial charge on any atom is 0.307 e. The molecule has 1 aliphatic carbocycles. The molecule has 0 amide bonds. The van der Waals surface area contributed by atoms with Crippen LogP contribution in [0.2, 0.25) is 0 Å². The molecule has 0 aromatic rings. The largest absolute Gasteiger partial charge is 0.458 e. The predicted octanol–water partition coefficient (Wildman–Crippen LogP) is 2.41. The van der Waals surface area contributed by atoms with Crippen LogP contribution < -0.4 is 0 Å². The van der Waals surface area contributed by atoms with Crippen LogP contribution in [0.25, 0.3) is 0 Å². The van der Waals surface area contributed by atoms with E-state index in [2.05, 4.69) is 6.58 Å². The molecule has 1 aliphatic heterocycles. The Balaban J connectivity index is 2.18. The average Bonchev–Trinajstić information content (AvgIpc) is 2.84. The lowest BCUT2D eigenvalue weighted by molar-refractivity contribution is -0.148. The molecule has 4 unspecified atom stereocenters. The number of hydrogen-bond donors (Lipinski definition) is 1. The van der Waals surface area contributed by atoms with Crippen molar-refractivity contribution in [1.82, 2.24) is 0 Å². The number of ether oxygens (including phenoxy) is 2. The molecule has 142 valence electrons. The van der Waals surface area contributed by atoms with Gasteiger partial charge in [0.15, 0.2) is 5.78 Å². The highest BCUT2D eigenvalue weighted by Gasteiger charge is 2.55. The third-order valence-corrected chi connectivity index (χ3v) is 4.92. The Kier molecular flexibility index (Phi) is 6.18. The van der Waals surface area contributed by atoms with E-state index in [0.717, 1.165) is 5.57 Å². The molecule has 6 nitrogen and oxygen atoms in total. The van der Waals surface area contributed by atoms with Crippen LogP contribution >= 0.6 is 0 Å². The van der Waals surface area contributed by atoms with Crippen LogP contribution in [0.4, 0.5) is 0 Å². The van der Waals surface area contributed by atoms with E-state index < -0.39 is 35.7 Å². The lowest BCUT2D eigenvalue weighted by atomic mass is 9.69. The van der Waals surface area contributed by atoms with Crippen molar-refractivity contribution in [3.63, 3.8) is 0 Å². The zero-order chi connectivity index (χ0) is 19.5. The van der Waals surface area contributed by atoms with E-state index in [-0.39, 0.29) is 18.6 Å². The third kappa shape index (κ3) is 4.49. The minimum absolute atomic E-state index is 0.0310. The maximum absolute atomic E-state index is 12.6. The van der Waals surface area contributed by atoms with E-state index in [1.165, 1.54) is 13.0 Å². The SMILES string of the molecule is C=C(C)C(O)CCC(C)=CC1OC(=O)CC12CC(OC(C)=O)C=CC2=O. The number of ketones is 1. The first kappa shape index (κ1) is 20.1. The summed E-state index contributed by atoms with van der Waals surface area (Å²) in [4.78, 5) is 35.8. The summed E-state index contributed by atoms with van der Waals surface area (Å²) in [6, 6.07) is 0. The van der Waals surface area contributed by atoms with Crippen LogP contribution in [0.3, 0.4) is 0 Å². The number of cyclic esters (lactones) is 1. The Bertz CT molecular complexity index is 674. The van der Waals surface area contributed by atoms with E-state index in [9.17, 15) is 19.5 Å². The number of rotatable bonds is 6. The molecule has 0 bridgehead atoms. The van der Waals surface area contributed by atoms with Crippen LogP contribution in [0.15, 0.2) is 36.0 Å². The van der Waals surface area contributed by atoms with Gasteiger partial charge in [0, 0.05) is 13.3 Å². The summed E-state index contributed by atoms with van der Waals surface area (Å²) in [7, 11) is 0. The molecule has 0 aromatic heterocycles. The molecule has 0 saturated carbocycles. The number of allylic oxidation sites excluding steroid dienone is 2. The number of carbonyl (C=O) groups is 3. The summed E-state index contributed by atoms with van der Waals surface area (Å²) >= 11 is 0. The van der Waals surface area contributed by atoms with Crippen LogP contribution in [0, 0.1) is 5.41 Å². The molecule has 1 heterocycles. The number of esters is 2. The smallest absolute Gasteiger partial charge is 0.307 e. The normalized spacial score (nSPS) is 29.6. The number of aliphatic hydroxyl groups is 1. The number of hydrogen-bond acceptors (Lipinski definition) is 6. The topological polar surface area (TPSA) is 89.9 Å². The van der Waals surface area contributed by atoms with Crippen molar-refractivity contribution < 1.29 is 29.0 Å². The van der Waals surface area contributed by atoms with Crippen LogP contribution in [-0.2, 0) is 23.9 Å². The molecule has 1 saturated heterocycles. The Hall–Kier alpha value is -2.21. The summed E-state index contributed by atoms with van der Waals surface area (Å²) in [5.74, 6) is -1.07. The zero-order valence-electron chi connectivity index (χ0n) is 15.5. The highest BCUT2D eigenvalue weighted by Crippen LogP contribution is 2.45. The first-order valence-corrected chi connectivity index (χ1v) is 8.74. The number of carbonyl (C=O) groups excluding carboxylic acids is 3. The Morgan fingerprint density at radius 1 is 1.46 bits per heavy atom. The van der Waals surface area contributed by atoms with Crippen molar-refractivity contribution in [2.45, 2.75) is 64.8 Å². The molecule has 2 aliphatic rings. The average molecular weight is 362 g/mol. The molecule has 4 atom stereocenters. The molecule has 2 rings (SSSR count). The highest BCUT2D eigenvalue weighted by molar-refractivity contribution is 6.00. The van der Waals surface area contributed by atoms with Gasteiger partial charge in [-0.1, -0.05) is 17.7 Å².